The molecule has 1 aliphatic rings. The van der Waals surface area contributed by atoms with Crippen LogP contribution in [0.15, 0.2) is 30.4 Å². The molecule has 1 aromatic rings. The zero-order chi connectivity index (χ0) is 13.0. The Kier molecular flexibility index (Phi) is 4.37. The third kappa shape index (κ3) is 3.57. The van der Waals surface area contributed by atoms with E-state index in [2.05, 4.69) is 6.08 Å². The third-order valence-electron chi connectivity index (χ3n) is 3.04. The molecular weight excluding hydrogens is 229 g/mol. The Labute approximate surface area is 108 Å². The summed E-state index contributed by atoms with van der Waals surface area (Å²) in [7, 11) is 0. The largest absolute Gasteiger partial charge is 0.483 e. The van der Waals surface area contributed by atoms with Crippen molar-refractivity contribution < 1.29 is 9.13 Å². The highest BCUT2D eigenvalue weighted by molar-refractivity contribution is 5.30. The van der Waals surface area contributed by atoms with Crippen LogP contribution in [0.5, 0.6) is 5.75 Å². The lowest BCUT2D eigenvalue weighted by atomic mass is 10.0. The molecule has 2 nitrogen and oxygen atoms in total. The highest BCUT2D eigenvalue weighted by atomic mass is 19.1. The molecule has 0 saturated carbocycles. The van der Waals surface area contributed by atoms with E-state index >= 15 is 0 Å². The number of hydrogen-bond acceptors (Lipinski definition) is 2. The first-order valence-electron chi connectivity index (χ1n) is 6.52. The lowest BCUT2D eigenvalue weighted by Crippen LogP contribution is -2.18. The maximum absolute atomic E-state index is 13.9. The van der Waals surface area contributed by atoms with Crippen molar-refractivity contribution in [3.8, 4) is 5.75 Å². The fourth-order valence-electron chi connectivity index (χ4n) is 2.18. The first-order valence-corrected chi connectivity index (χ1v) is 6.52. The molecule has 1 aromatic carbocycles. The highest BCUT2D eigenvalue weighted by Crippen LogP contribution is 2.23. The molecular formula is C15H20FNO. The molecule has 0 heterocycles. The standard InChI is InChI=1S/C15H20FNO/c1-11(17)9-12-7-8-15(14(16)10-12)18-13-5-3-2-4-6-13/h3,5,7-8,10-11,13H,2,4,6,9,17H2,1H3. The van der Waals surface area contributed by atoms with Gasteiger partial charge in [-0.1, -0.05) is 12.1 Å². The van der Waals surface area contributed by atoms with E-state index in [-0.39, 0.29) is 18.0 Å². The van der Waals surface area contributed by atoms with E-state index in [1.807, 2.05) is 19.1 Å². The fourth-order valence-corrected chi connectivity index (χ4v) is 2.18. The highest BCUT2D eigenvalue weighted by Gasteiger charge is 2.13. The average Bonchev–Trinajstić information content (AvgIpc) is 2.33. The quantitative estimate of drug-likeness (QED) is 0.832. The van der Waals surface area contributed by atoms with E-state index in [1.165, 1.54) is 6.07 Å². The van der Waals surface area contributed by atoms with Gasteiger partial charge in [0.2, 0.25) is 0 Å². The minimum Gasteiger partial charge on any atom is -0.483 e. The Hall–Kier alpha value is -1.35. The van der Waals surface area contributed by atoms with E-state index in [9.17, 15) is 4.39 Å². The number of rotatable bonds is 4. The van der Waals surface area contributed by atoms with Crippen LogP contribution in [-0.4, -0.2) is 12.1 Å². The molecule has 0 amide bonds. The zero-order valence-electron chi connectivity index (χ0n) is 10.7. The van der Waals surface area contributed by atoms with Gasteiger partial charge < -0.3 is 10.5 Å². The van der Waals surface area contributed by atoms with Gasteiger partial charge in [0.25, 0.3) is 0 Å². The van der Waals surface area contributed by atoms with Gasteiger partial charge in [-0.05, 0) is 56.4 Å². The number of halogens is 1. The fraction of sp³-hybridized carbons (Fsp3) is 0.467. The summed E-state index contributed by atoms with van der Waals surface area (Å²) in [5.74, 6) is 0.0343. The maximum Gasteiger partial charge on any atom is 0.165 e. The van der Waals surface area contributed by atoms with Crippen molar-refractivity contribution in [1.82, 2.24) is 0 Å². The molecule has 18 heavy (non-hydrogen) atoms. The van der Waals surface area contributed by atoms with Crippen LogP contribution in [0.1, 0.15) is 31.7 Å². The van der Waals surface area contributed by atoms with Gasteiger partial charge in [0.1, 0.15) is 6.10 Å². The zero-order valence-corrected chi connectivity index (χ0v) is 10.7. The van der Waals surface area contributed by atoms with Crippen LogP contribution in [0.2, 0.25) is 0 Å². The van der Waals surface area contributed by atoms with Crippen LogP contribution in [0.25, 0.3) is 0 Å². The first kappa shape index (κ1) is 13.1. The van der Waals surface area contributed by atoms with Gasteiger partial charge in [-0.3, -0.25) is 0 Å². The van der Waals surface area contributed by atoms with Crippen molar-refractivity contribution in [2.75, 3.05) is 0 Å². The SMILES string of the molecule is CC(N)Cc1ccc(OC2C=CCCC2)c(F)c1. The van der Waals surface area contributed by atoms with Gasteiger partial charge in [-0.15, -0.1) is 0 Å². The maximum atomic E-state index is 13.9. The van der Waals surface area contributed by atoms with E-state index in [1.54, 1.807) is 6.07 Å². The molecule has 2 N–H and O–H groups in total. The van der Waals surface area contributed by atoms with Gasteiger partial charge in [0, 0.05) is 6.04 Å². The summed E-state index contributed by atoms with van der Waals surface area (Å²) in [6, 6.07) is 5.15. The summed E-state index contributed by atoms with van der Waals surface area (Å²) in [6.45, 7) is 1.91. The second kappa shape index (κ2) is 6.01. The van der Waals surface area contributed by atoms with Crippen molar-refractivity contribution in [2.45, 2.75) is 44.8 Å². The molecule has 0 aromatic heterocycles. The van der Waals surface area contributed by atoms with Crippen LogP contribution in [0, 0.1) is 5.82 Å². The van der Waals surface area contributed by atoms with Gasteiger partial charge in [-0.2, -0.15) is 0 Å². The van der Waals surface area contributed by atoms with Gasteiger partial charge >= 0.3 is 0 Å². The Balaban J connectivity index is 2.04. The van der Waals surface area contributed by atoms with Gasteiger partial charge in [-0.25, -0.2) is 4.39 Å². The molecule has 0 spiro atoms. The number of allylic oxidation sites excluding steroid dienone is 1. The van der Waals surface area contributed by atoms with Crippen molar-refractivity contribution in [1.29, 1.82) is 0 Å². The van der Waals surface area contributed by atoms with E-state index in [4.69, 9.17) is 10.5 Å². The Morgan fingerprint density at radius 3 is 2.94 bits per heavy atom. The Bertz CT molecular complexity index is 429. The molecule has 0 saturated heterocycles. The minimum absolute atomic E-state index is 0.00697. The molecule has 0 fully saturated rings. The molecule has 0 radical (unpaired) electrons. The molecule has 0 bridgehead atoms. The van der Waals surface area contributed by atoms with Gasteiger partial charge in [0.05, 0.1) is 0 Å². The van der Waals surface area contributed by atoms with Crippen molar-refractivity contribution in [2.24, 2.45) is 5.73 Å². The molecule has 0 aliphatic heterocycles. The third-order valence-corrected chi connectivity index (χ3v) is 3.04. The summed E-state index contributed by atoms with van der Waals surface area (Å²) < 4.78 is 19.5. The average molecular weight is 249 g/mol. The molecule has 2 unspecified atom stereocenters. The lowest BCUT2D eigenvalue weighted by Gasteiger charge is -2.19. The molecule has 1 aliphatic carbocycles. The number of ether oxygens (including phenoxy) is 1. The minimum atomic E-state index is -0.299. The van der Waals surface area contributed by atoms with E-state index < -0.39 is 0 Å². The summed E-state index contributed by atoms with van der Waals surface area (Å²) in [6.07, 6.45) is 7.95. The summed E-state index contributed by atoms with van der Waals surface area (Å²) in [5, 5.41) is 0. The van der Waals surface area contributed by atoms with Crippen LogP contribution in [0.3, 0.4) is 0 Å². The predicted octanol–water partition coefficient (Wildman–Crippen LogP) is 3.20. The topological polar surface area (TPSA) is 35.2 Å². The van der Waals surface area contributed by atoms with Crippen LogP contribution < -0.4 is 10.5 Å². The Morgan fingerprint density at radius 1 is 1.50 bits per heavy atom. The lowest BCUT2D eigenvalue weighted by molar-refractivity contribution is 0.220. The summed E-state index contributed by atoms with van der Waals surface area (Å²) >= 11 is 0. The normalized spacial score (nSPS) is 20.7. The molecule has 2 rings (SSSR count). The van der Waals surface area contributed by atoms with Crippen LogP contribution in [0.4, 0.5) is 4.39 Å². The van der Waals surface area contributed by atoms with Crippen LogP contribution >= 0.6 is 0 Å². The van der Waals surface area contributed by atoms with Crippen molar-refractivity contribution in [3.63, 3.8) is 0 Å². The summed E-state index contributed by atoms with van der Waals surface area (Å²) in [4.78, 5) is 0. The Morgan fingerprint density at radius 2 is 2.33 bits per heavy atom. The summed E-state index contributed by atoms with van der Waals surface area (Å²) in [5.41, 5.74) is 6.61. The van der Waals surface area contributed by atoms with E-state index in [0.717, 1.165) is 24.8 Å². The van der Waals surface area contributed by atoms with Crippen molar-refractivity contribution >= 4 is 0 Å². The molecule has 98 valence electrons. The number of hydrogen-bond donors (Lipinski definition) is 1. The van der Waals surface area contributed by atoms with Crippen LogP contribution in [-0.2, 0) is 6.42 Å². The second-order valence-corrected chi connectivity index (χ2v) is 4.96. The van der Waals surface area contributed by atoms with Gasteiger partial charge in [0.15, 0.2) is 11.6 Å². The molecule has 2 atom stereocenters. The molecule has 3 heteroatoms. The van der Waals surface area contributed by atoms with E-state index in [0.29, 0.717) is 12.2 Å². The monoisotopic (exact) mass is 249 g/mol. The number of nitrogens with two attached hydrogens (primary N) is 1. The second-order valence-electron chi connectivity index (χ2n) is 4.96. The predicted molar refractivity (Wildman–Crippen MR) is 71.2 cm³/mol. The number of benzene rings is 1. The van der Waals surface area contributed by atoms with Crippen molar-refractivity contribution in [3.05, 3.63) is 41.7 Å². The first-order chi connectivity index (χ1) is 8.65. The smallest absolute Gasteiger partial charge is 0.165 e.